The van der Waals surface area contributed by atoms with E-state index < -0.39 is 0 Å². The number of aliphatic hydroxyl groups is 1. The lowest BCUT2D eigenvalue weighted by Gasteiger charge is -2.31. The van der Waals surface area contributed by atoms with Crippen LogP contribution in [0, 0.1) is 23.2 Å². The molecule has 25 heavy (non-hydrogen) atoms. The van der Waals surface area contributed by atoms with Gasteiger partial charge >= 0.3 is 0 Å². The molecule has 5 nitrogen and oxygen atoms in total. The molecule has 0 aliphatic carbocycles. The van der Waals surface area contributed by atoms with Gasteiger partial charge in [-0.3, -0.25) is 9.69 Å². The summed E-state index contributed by atoms with van der Waals surface area (Å²) in [5.74, 6) is 0.275. The lowest BCUT2D eigenvalue weighted by atomic mass is 9.97. The van der Waals surface area contributed by atoms with Gasteiger partial charge in [-0.2, -0.15) is 5.26 Å². The molecule has 1 aliphatic heterocycles. The SMILES string of the molecule is CCN(CC(C)C#N)C(=O)c1ccc(CN2CCC(CO)CC2)cc1. The van der Waals surface area contributed by atoms with Gasteiger partial charge in [0, 0.05) is 31.8 Å². The second-order valence-electron chi connectivity index (χ2n) is 6.97. The Balaban J connectivity index is 1.92. The third kappa shape index (κ3) is 5.55. The minimum Gasteiger partial charge on any atom is -0.396 e. The van der Waals surface area contributed by atoms with Gasteiger partial charge in [0.15, 0.2) is 0 Å². The van der Waals surface area contributed by atoms with E-state index in [0.717, 1.165) is 32.5 Å². The van der Waals surface area contributed by atoms with E-state index in [1.54, 1.807) is 4.90 Å². The molecule has 5 heteroatoms. The lowest BCUT2D eigenvalue weighted by molar-refractivity contribution is 0.0752. The molecule has 2 rings (SSSR count). The highest BCUT2D eigenvalue weighted by Crippen LogP contribution is 2.19. The van der Waals surface area contributed by atoms with Crippen molar-refractivity contribution in [2.24, 2.45) is 11.8 Å². The van der Waals surface area contributed by atoms with Crippen LogP contribution in [-0.2, 0) is 6.54 Å². The van der Waals surface area contributed by atoms with Crippen LogP contribution in [0.2, 0.25) is 0 Å². The molecule has 1 unspecified atom stereocenters. The fraction of sp³-hybridized carbons (Fsp3) is 0.600. The maximum Gasteiger partial charge on any atom is 0.253 e. The van der Waals surface area contributed by atoms with Crippen molar-refractivity contribution in [1.29, 1.82) is 5.26 Å². The molecule has 1 N–H and O–H groups in total. The summed E-state index contributed by atoms with van der Waals surface area (Å²) in [6, 6.07) is 10.00. The van der Waals surface area contributed by atoms with E-state index in [0.29, 0.717) is 31.2 Å². The van der Waals surface area contributed by atoms with Gasteiger partial charge in [-0.1, -0.05) is 12.1 Å². The molecule has 1 aliphatic rings. The molecule has 1 fully saturated rings. The number of hydrogen-bond donors (Lipinski definition) is 1. The Morgan fingerprint density at radius 3 is 2.52 bits per heavy atom. The Bertz CT molecular complexity index is 586. The first-order chi connectivity index (χ1) is 12.1. The molecule has 1 amide bonds. The van der Waals surface area contributed by atoms with Crippen molar-refractivity contribution in [2.75, 3.05) is 32.8 Å². The lowest BCUT2D eigenvalue weighted by Crippen LogP contribution is -2.34. The van der Waals surface area contributed by atoms with Gasteiger partial charge in [-0.25, -0.2) is 0 Å². The largest absolute Gasteiger partial charge is 0.396 e. The van der Waals surface area contributed by atoms with Gasteiger partial charge in [0.2, 0.25) is 0 Å². The van der Waals surface area contributed by atoms with Crippen molar-refractivity contribution in [1.82, 2.24) is 9.80 Å². The summed E-state index contributed by atoms with van der Waals surface area (Å²) in [6.07, 6.45) is 2.10. The van der Waals surface area contributed by atoms with Crippen LogP contribution in [0.25, 0.3) is 0 Å². The van der Waals surface area contributed by atoms with Crippen molar-refractivity contribution < 1.29 is 9.90 Å². The molecule has 0 spiro atoms. The Morgan fingerprint density at radius 1 is 1.36 bits per heavy atom. The van der Waals surface area contributed by atoms with Crippen molar-refractivity contribution >= 4 is 5.91 Å². The van der Waals surface area contributed by atoms with Gasteiger partial charge in [0.1, 0.15) is 0 Å². The van der Waals surface area contributed by atoms with Crippen LogP contribution < -0.4 is 0 Å². The molecule has 0 radical (unpaired) electrons. The summed E-state index contributed by atoms with van der Waals surface area (Å²) in [6.45, 7) is 8.05. The van der Waals surface area contributed by atoms with E-state index in [2.05, 4.69) is 11.0 Å². The highest BCUT2D eigenvalue weighted by Gasteiger charge is 2.19. The second kappa shape index (κ2) is 9.55. The number of nitriles is 1. The number of carbonyl (C=O) groups excluding carboxylic acids is 1. The fourth-order valence-corrected chi connectivity index (χ4v) is 3.25. The average molecular weight is 343 g/mol. The topological polar surface area (TPSA) is 67.6 Å². The number of benzene rings is 1. The summed E-state index contributed by atoms with van der Waals surface area (Å²) in [5, 5.41) is 18.2. The molecule has 1 aromatic rings. The average Bonchev–Trinajstić information content (AvgIpc) is 2.66. The van der Waals surface area contributed by atoms with E-state index in [-0.39, 0.29) is 11.8 Å². The Kier molecular flexibility index (Phi) is 7.42. The standard InChI is InChI=1S/C20H29N3O2/c1-3-23(13-16(2)12-21)20(25)19-6-4-17(5-7-19)14-22-10-8-18(15-24)9-11-22/h4-7,16,18,24H,3,8-11,13-15H2,1-2H3. The molecule has 0 aromatic heterocycles. The maximum atomic E-state index is 12.6. The van der Waals surface area contributed by atoms with Crippen molar-refractivity contribution in [3.8, 4) is 6.07 Å². The Labute approximate surface area is 150 Å². The first-order valence-electron chi connectivity index (χ1n) is 9.18. The number of piperidine rings is 1. The first kappa shape index (κ1) is 19.4. The smallest absolute Gasteiger partial charge is 0.253 e. The molecule has 1 heterocycles. The zero-order valence-electron chi connectivity index (χ0n) is 15.3. The van der Waals surface area contributed by atoms with Crippen molar-refractivity contribution in [3.63, 3.8) is 0 Å². The molecule has 0 bridgehead atoms. The summed E-state index contributed by atoms with van der Waals surface area (Å²) in [5.41, 5.74) is 1.88. The van der Waals surface area contributed by atoms with Gasteiger partial charge in [0.25, 0.3) is 5.91 Å². The molecular formula is C20H29N3O2. The number of amides is 1. The molecule has 136 valence electrons. The van der Waals surface area contributed by atoms with Crippen LogP contribution >= 0.6 is 0 Å². The predicted octanol–water partition coefficient (Wildman–Crippen LogP) is 2.51. The third-order valence-corrected chi connectivity index (χ3v) is 4.96. The first-order valence-corrected chi connectivity index (χ1v) is 9.18. The number of hydrogen-bond acceptors (Lipinski definition) is 4. The summed E-state index contributed by atoms with van der Waals surface area (Å²) < 4.78 is 0. The van der Waals surface area contributed by atoms with Crippen LogP contribution in [0.15, 0.2) is 24.3 Å². The van der Waals surface area contributed by atoms with Crippen molar-refractivity contribution in [3.05, 3.63) is 35.4 Å². The monoisotopic (exact) mass is 343 g/mol. The van der Waals surface area contributed by atoms with Crippen LogP contribution in [-0.4, -0.2) is 53.6 Å². The van der Waals surface area contributed by atoms with E-state index in [1.807, 2.05) is 38.1 Å². The van der Waals surface area contributed by atoms with Crippen LogP contribution in [0.4, 0.5) is 0 Å². The zero-order chi connectivity index (χ0) is 18.2. The van der Waals surface area contributed by atoms with Gasteiger partial charge in [-0.15, -0.1) is 0 Å². The van der Waals surface area contributed by atoms with Crippen LogP contribution in [0.1, 0.15) is 42.6 Å². The number of rotatable bonds is 7. The normalized spacial score (nSPS) is 17.0. The summed E-state index contributed by atoms with van der Waals surface area (Å²) in [7, 11) is 0. The van der Waals surface area contributed by atoms with E-state index in [4.69, 9.17) is 5.26 Å². The quantitative estimate of drug-likeness (QED) is 0.826. The van der Waals surface area contributed by atoms with Crippen LogP contribution in [0.5, 0.6) is 0 Å². The van der Waals surface area contributed by atoms with E-state index in [9.17, 15) is 9.90 Å². The molecular weight excluding hydrogens is 314 g/mol. The number of likely N-dealkylation sites (tertiary alicyclic amines) is 1. The minimum absolute atomic E-state index is 0.0140. The number of carbonyl (C=O) groups is 1. The highest BCUT2D eigenvalue weighted by molar-refractivity contribution is 5.94. The fourth-order valence-electron chi connectivity index (χ4n) is 3.25. The molecule has 1 atom stereocenters. The second-order valence-corrected chi connectivity index (χ2v) is 6.97. The summed E-state index contributed by atoms with van der Waals surface area (Å²) >= 11 is 0. The van der Waals surface area contributed by atoms with Crippen LogP contribution in [0.3, 0.4) is 0 Å². The molecule has 0 saturated carbocycles. The maximum absolute atomic E-state index is 12.6. The molecule has 1 aromatic carbocycles. The van der Waals surface area contributed by atoms with E-state index >= 15 is 0 Å². The minimum atomic E-state index is -0.162. The Morgan fingerprint density at radius 2 is 2.00 bits per heavy atom. The van der Waals surface area contributed by atoms with Gasteiger partial charge in [0.05, 0.1) is 12.0 Å². The molecule has 1 saturated heterocycles. The zero-order valence-corrected chi connectivity index (χ0v) is 15.3. The van der Waals surface area contributed by atoms with Crippen molar-refractivity contribution in [2.45, 2.75) is 33.2 Å². The number of aliphatic hydroxyl groups excluding tert-OH is 1. The van der Waals surface area contributed by atoms with E-state index in [1.165, 1.54) is 5.56 Å². The highest BCUT2D eigenvalue weighted by atomic mass is 16.3. The predicted molar refractivity (Wildman–Crippen MR) is 97.9 cm³/mol. The number of nitrogens with zero attached hydrogens (tertiary/aromatic N) is 3. The van der Waals surface area contributed by atoms with Gasteiger partial charge in [-0.05, 0) is 63.4 Å². The Hall–Kier alpha value is -1.90. The summed E-state index contributed by atoms with van der Waals surface area (Å²) in [4.78, 5) is 16.7. The third-order valence-electron chi connectivity index (χ3n) is 4.96. The van der Waals surface area contributed by atoms with Gasteiger partial charge < -0.3 is 10.0 Å².